The van der Waals surface area contributed by atoms with Crippen molar-refractivity contribution in [2.24, 2.45) is 0 Å². The molecule has 0 aromatic heterocycles. The first-order valence-corrected chi connectivity index (χ1v) is 4.92. The van der Waals surface area contributed by atoms with Crippen molar-refractivity contribution in [1.29, 1.82) is 0 Å². The summed E-state index contributed by atoms with van der Waals surface area (Å²) in [6.07, 6.45) is 2.57. The minimum Gasteiger partial charge on any atom is -0.410 e. The predicted octanol–water partition coefficient (Wildman–Crippen LogP) is 0.373. The van der Waals surface area contributed by atoms with Gasteiger partial charge in [0.25, 0.3) is 0 Å². The van der Waals surface area contributed by atoms with E-state index in [1.165, 1.54) is 0 Å². The highest BCUT2D eigenvalue weighted by molar-refractivity contribution is 6.69. The van der Waals surface area contributed by atoms with E-state index in [1.54, 1.807) is 6.08 Å². The third-order valence-electron chi connectivity index (χ3n) is 1.70. The van der Waals surface area contributed by atoms with Gasteiger partial charge in [-0.15, -0.1) is 6.58 Å². The van der Waals surface area contributed by atoms with Gasteiger partial charge in [0.15, 0.2) is 0 Å². The Morgan fingerprint density at radius 1 is 1.62 bits per heavy atom. The maximum absolute atomic E-state index is 9.00. The first-order valence-electron chi connectivity index (χ1n) is 2.74. The lowest BCUT2D eigenvalue weighted by molar-refractivity contribution is 0.312. The molecule has 46 valence electrons. The smallest absolute Gasteiger partial charge is 0.339 e. The molecule has 1 aliphatic heterocycles. The van der Waals surface area contributed by atoms with Crippen molar-refractivity contribution in [2.45, 2.75) is 18.0 Å². The lowest BCUT2D eigenvalue weighted by atomic mass is 10.3. The summed E-state index contributed by atoms with van der Waals surface area (Å²) in [6, 6.07) is 0.629. The zero-order valence-corrected chi connectivity index (χ0v) is 5.67. The maximum atomic E-state index is 9.00. The Morgan fingerprint density at radius 2 is 2.25 bits per heavy atom. The van der Waals surface area contributed by atoms with Gasteiger partial charge >= 0.3 is 8.56 Å². The minimum absolute atomic E-state index is 0.0440. The van der Waals surface area contributed by atoms with E-state index in [0.717, 1.165) is 6.42 Å². The lowest BCUT2D eigenvalue weighted by Crippen LogP contribution is -2.47. The van der Waals surface area contributed by atoms with Gasteiger partial charge in [0.05, 0.1) is 0 Å². The Balaban J connectivity index is 2.49. The molecule has 8 heavy (non-hydrogen) atoms. The second-order valence-electron chi connectivity index (χ2n) is 2.26. The molecule has 1 heterocycles. The molecule has 1 rings (SSSR count). The second kappa shape index (κ2) is 1.68. The molecule has 0 aromatic rings. The van der Waals surface area contributed by atoms with Crippen LogP contribution in [0.2, 0.25) is 11.6 Å². The molecule has 2 N–H and O–H groups in total. The Kier molecular flexibility index (Phi) is 1.26. The molecule has 0 aromatic carbocycles. The van der Waals surface area contributed by atoms with Crippen LogP contribution in [0.1, 0.15) is 6.42 Å². The predicted molar refractivity (Wildman–Crippen MR) is 33.6 cm³/mol. The standard InChI is InChI=1S/C5H10O2Si/c1-2-5-3-4-8(5,6)7/h2,5-7H,1,3-4H2. The van der Waals surface area contributed by atoms with Gasteiger partial charge in [-0.05, 0) is 12.5 Å². The summed E-state index contributed by atoms with van der Waals surface area (Å²) in [5.41, 5.74) is 0.0440. The molecule has 1 saturated heterocycles. The van der Waals surface area contributed by atoms with Crippen molar-refractivity contribution in [3.8, 4) is 0 Å². The first kappa shape index (κ1) is 6.00. The molecule has 1 aliphatic rings. The van der Waals surface area contributed by atoms with Crippen LogP contribution in [-0.4, -0.2) is 18.2 Å². The topological polar surface area (TPSA) is 40.5 Å². The Labute approximate surface area is 49.7 Å². The van der Waals surface area contributed by atoms with Gasteiger partial charge < -0.3 is 9.59 Å². The van der Waals surface area contributed by atoms with Crippen LogP contribution in [0.25, 0.3) is 0 Å². The first-order chi connectivity index (χ1) is 3.67. The highest BCUT2D eigenvalue weighted by Gasteiger charge is 2.46. The van der Waals surface area contributed by atoms with Crippen molar-refractivity contribution >= 4 is 8.56 Å². The van der Waals surface area contributed by atoms with Crippen LogP contribution < -0.4 is 0 Å². The van der Waals surface area contributed by atoms with Crippen LogP contribution in [0.5, 0.6) is 0 Å². The van der Waals surface area contributed by atoms with Gasteiger partial charge in [-0.3, -0.25) is 0 Å². The van der Waals surface area contributed by atoms with Gasteiger partial charge in [0.1, 0.15) is 0 Å². The highest BCUT2D eigenvalue weighted by atomic mass is 28.4. The van der Waals surface area contributed by atoms with Gasteiger partial charge in [0, 0.05) is 5.54 Å². The molecule has 1 atom stereocenters. The maximum Gasteiger partial charge on any atom is 0.339 e. The third-order valence-corrected chi connectivity index (χ3v) is 4.44. The van der Waals surface area contributed by atoms with E-state index in [4.69, 9.17) is 9.59 Å². The number of hydrogen-bond donors (Lipinski definition) is 2. The fourth-order valence-corrected chi connectivity index (χ4v) is 2.39. The molecule has 0 radical (unpaired) electrons. The molecular weight excluding hydrogens is 120 g/mol. The fraction of sp³-hybridized carbons (Fsp3) is 0.600. The van der Waals surface area contributed by atoms with Crippen molar-refractivity contribution < 1.29 is 9.59 Å². The van der Waals surface area contributed by atoms with Crippen LogP contribution in [0.4, 0.5) is 0 Å². The van der Waals surface area contributed by atoms with Crippen molar-refractivity contribution in [1.82, 2.24) is 0 Å². The second-order valence-corrected chi connectivity index (χ2v) is 5.26. The third kappa shape index (κ3) is 0.726. The summed E-state index contributed by atoms with van der Waals surface area (Å²) in [5, 5.41) is 0. The average molecular weight is 130 g/mol. The van der Waals surface area contributed by atoms with E-state index >= 15 is 0 Å². The Hall–Kier alpha value is -0.123. The summed E-state index contributed by atoms with van der Waals surface area (Å²) in [4.78, 5) is 18.0. The molecule has 0 spiro atoms. The molecule has 0 aliphatic carbocycles. The summed E-state index contributed by atoms with van der Waals surface area (Å²) in [5.74, 6) is 0. The van der Waals surface area contributed by atoms with Crippen molar-refractivity contribution in [2.75, 3.05) is 0 Å². The SMILES string of the molecule is C=CC1CC[Si]1(O)O. The minimum atomic E-state index is -2.70. The largest absolute Gasteiger partial charge is 0.410 e. The van der Waals surface area contributed by atoms with Gasteiger partial charge in [0.2, 0.25) is 0 Å². The van der Waals surface area contributed by atoms with Gasteiger partial charge in [-0.1, -0.05) is 6.08 Å². The summed E-state index contributed by atoms with van der Waals surface area (Å²) >= 11 is 0. The van der Waals surface area contributed by atoms with E-state index in [0.29, 0.717) is 6.04 Å². The zero-order valence-electron chi connectivity index (χ0n) is 4.67. The van der Waals surface area contributed by atoms with Crippen LogP contribution in [0, 0.1) is 0 Å². The molecule has 2 nitrogen and oxygen atoms in total. The molecule has 3 heteroatoms. The highest BCUT2D eigenvalue weighted by Crippen LogP contribution is 2.39. The molecule has 0 amide bonds. The zero-order chi connectivity index (χ0) is 6.20. The van der Waals surface area contributed by atoms with E-state index in [2.05, 4.69) is 6.58 Å². The average Bonchev–Trinajstić information content (AvgIpc) is 1.66. The number of allylic oxidation sites excluding steroid dienone is 1. The van der Waals surface area contributed by atoms with Crippen LogP contribution in [-0.2, 0) is 0 Å². The Bertz CT molecular complexity index is 111. The van der Waals surface area contributed by atoms with E-state index in [9.17, 15) is 0 Å². The number of rotatable bonds is 1. The van der Waals surface area contributed by atoms with Gasteiger partial charge in [-0.25, -0.2) is 0 Å². The molecule has 0 saturated carbocycles. The molecule has 1 fully saturated rings. The molecule has 1 unspecified atom stereocenters. The lowest BCUT2D eigenvalue weighted by Gasteiger charge is -2.34. The summed E-state index contributed by atoms with van der Waals surface area (Å²) in [6.45, 7) is 3.49. The van der Waals surface area contributed by atoms with Crippen molar-refractivity contribution in [3.05, 3.63) is 12.7 Å². The number of hydrogen-bond acceptors (Lipinski definition) is 2. The molecule has 0 bridgehead atoms. The van der Waals surface area contributed by atoms with Gasteiger partial charge in [-0.2, -0.15) is 0 Å². The summed E-state index contributed by atoms with van der Waals surface area (Å²) < 4.78 is 0. The summed E-state index contributed by atoms with van der Waals surface area (Å²) in [7, 11) is -2.70. The van der Waals surface area contributed by atoms with Crippen LogP contribution in [0.15, 0.2) is 12.7 Å². The quantitative estimate of drug-likeness (QED) is 0.398. The fourth-order valence-electron chi connectivity index (χ4n) is 0.876. The monoisotopic (exact) mass is 130 g/mol. The Morgan fingerprint density at radius 3 is 2.25 bits per heavy atom. The van der Waals surface area contributed by atoms with Crippen LogP contribution in [0.3, 0.4) is 0 Å². The van der Waals surface area contributed by atoms with Crippen LogP contribution >= 0.6 is 0 Å². The normalized spacial score (nSPS) is 33.5. The molecular formula is C5H10O2Si. The van der Waals surface area contributed by atoms with Crippen molar-refractivity contribution in [3.63, 3.8) is 0 Å². The van der Waals surface area contributed by atoms with E-state index < -0.39 is 8.56 Å². The van der Waals surface area contributed by atoms with E-state index in [1.807, 2.05) is 0 Å². The van der Waals surface area contributed by atoms with E-state index in [-0.39, 0.29) is 5.54 Å².